The highest BCUT2D eigenvalue weighted by molar-refractivity contribution is 7.12. The minimum absolute atomic E-state index is 0.220. The lowest BCUT2D eigenvalue weighted by Crippen LogP contribution is -2.03. The van der Waals surface area contributed by atoms with Crippen LogP contribution in [0.15, 0.2) is 30.5 Å². The van der Waals surface area contributed by atoms with Gasteiger partial charge in [-0.05, 0) is 31.2 Å². The van der Waals surface area contributed by atoms with Gasteiger partial charge in [0.05, 0.1) is 25.8 Å². The summed E-state index contributed by atoms with van der Waals surface area (Å²) in [5.41, 5.74) is 0.863. The molecular formula is C15H18N2O3S. The smallest absolute Gasteiger partial charge is 0.310 e. The molecule has 0 aliphatic heterocycles. The fourth-order valence-corrected chi connectivity index (χ4v) is 2.73. The van der Waals surface area contributed by atoms with Crippen molar-refractivity contribution in [3.63, 3.8) is 0 Å². The van der Waals surface area contributed by atoms with E-state index in [2.05, 4.69) is 15.0 Å². The largest absolute Gasteiger partial charge is 0.476 e. The number of aromatic nitrogens is 1. The van der Waals surface area contributed by atoms with Gasteiger partial charge in [0.1, 0.15) is 0 Å². The van der Waals surface area contributed by atoms with Gasteiger partial charge < -0.3 is 14.8 Å². The van der Waals surface area contributed by atoms with Crippen molar-refractivity contribution in [2.45, 2.75) is 19.9 Å². The maximum atomic E-state index is 11.2. The maximum Gasteiger partial charge on any atom is 0.310 e. The van der Waals surface area contributed by atoms with Gasteiger partial charge in [-0.2, -0.15) is 0 Å². The van der Waals surface area contributed by atoms with Gasteiger partial charge in [0.2, 0.25) is 5.88 Å². The first-order chi connectivity index (χ1) is 10.2. The van der Waals surface area contributed by atoms with Gasteiger partial charge in [-0.3, -0.25) is 4.79 Å². The summed E-state index contributed by atoms with van der Waals surface area (Å²) >= 11 is 1.59. The van der Waals surface area contributed by atoms with Crippen molar-refractivity contribution < 1.29 is 14.3 Å². The molecule has 0 aliphatic rings. The molecule has 5 nitrogen and oxygen atoms in total. The molecule has 0 aliphatic carbocycles. The lowest BCUT2D eigenvalue weighted by molar-refractivity contribution is -0.139. The Bertz CT molecular complexity index is 598. The molecule has 6 heteroatoms. The van der Waals surface area contributed by atoms with Crippen LogP contribution in [-0.4, -0.2) is 24.7 Å². The van der Waals surface area contributed by atoms with Crippen LogP contribution in [0.3, 0.4) is 0 Å². The molecule has 0 radical (unpaired) electrons. The van der Waals surface area contributed by atoms with Gasteiger partial charge in [0.25, 0.3) is 0 Å². The summed E-state index contributed by atoms with van der Waals surface area (Å²) in [6.07, 6.45) is 2.02. The highest BCUT2D eigenvalue weighted by atomic mass is 32.1. The van der Waals surface area contributed by atoms with E-state index in [4.69, 9.17) is 4.74 Å². The first kappa shape index (κ1) is 15.3. The summed E-state index contributed by atoms with van der Waals surface area (Å²) in [5, 5.41) is 3.30. The van der Waals surface area contributed by atoms with Crippen LogP contribution in [0.4, 0.5) is 5.69 Å². The minimum Gasteiger partial charge on any atom is -0.476 e. The van der Waals surface area contributed by atoms with Crippen molar-refractivity contribution >= 4 is 23.0 Å². The van der Waals surface area contributed by atoms with Crippen LogP contribution >= 0.6 is 11.3 Å². The number of hydrogen-bond donors (Lipinski definition) is 1. The van der Waals surface area contributed by atoms with E-state index in [1.54, 1.807) is 17.5 Å². The van der Waals surface area contributed by atoms with Gasteiger partial charge in [0, 0.05) is 22.5 Å². The summed E-state index contributed by atoms with van der Waals surface area (Å²) in [5.74, 6) is 0.383. The molecule has 0 fully saturated rings. The van der Waals surface area contributed by atoms with Crippen molar-refractivity contribution in [3.8, 4) is 5.88 Å². The van der Waals surface area contributed by atoms with Gasteiger partial charge in [0.15, 0.2) is 0 Å². The molecule has 21 heavy (non-hydrogen) atoms. The molecule has 0 saturated carbocycles. The number of methoxy groups -OCH3 is 1. The molecule has 1 N–H and O–H groups in total. The zero-order valence-corrected chi connectivity index (χ0v) is 12.9. The number of rotatable bonds is 7. The number of pyridine rings is 1. The number of esters is 1. The third-order valence-electron chi connectivity index (χ3n) is 2.77. The monoisotopic (exact) mass is 306 g/mol. The zero-order chi connectivity index (χ0) is 15.1. The second kappa shape index (κ2) is 7.64. The summed E-state index contributed by atoms with van der Waals surface area (Å²) in [7, 11) is 1.40. The number of nitrogens with one attached hydrogen (secondary N) is 1. The van der Waals surface area contributed by atoms with Crippen LogP contribution < -0.4 is 10.1 Å². The van der Waals surface area contributed by atoms with Gasteiger partial charge in [-0.1, -0.05) is 0 Å². The quantitative estimate of drug-likeness (QED) is 0.797. The molecule has 0 amide bonds. The van der Waals surface area contributed by atoms with Crippen molar-refractivity contribution in [3.05, 3.63) is 40.2 Å². The molecule has 2 aromatic heterocycles. The summed E-state index contributed by atoms with van der Waals surface area (Å²) in [6.45, 7) is 3.17. The predicted octanol–water partition coefficient (Wildman–Crippen LogP) is 2.87. The highest BCUT2D eigenvalue weighted by Gasteiger charge is 2.08. The molecular weight excluding hydrogens is 288 g/mol. The Kier molecular flexibility index (Phi) is 5.57. The number of hydrogen-bond acceptors (Lipinski definition) is 6. The summed E-state index contributed by atoms with van der Waals surface area (Å²) < 4.78 is 10.1. The molecule has 0 atom stereocenters. The number of nitrogens with zero attached hydrogens (tertiary/aromatic N) is 1. The van der Waals surface area contributed by atoms with E-state index in [-0.39, 0.29) is 5.97 Å². The van der Waals surface area contributed by atoms with Crippen LogP contribution in [0, 0.1) is 0 Å². The van der Waals surface area contributed by atoms with Crippen LogP contribution in [0.1, 0.15) is 16.7 Å². The first-order valence-electron chi connectivity index (χ1n) is 6.69. The summed E-state index contributed by atoms with van der Waals surface area (Å²) in [6, 6.07) is 7.75. The Labute approximate surface area is 127 Å². The number of thiophene rings is 1. The average Bonchev–Trinajstić information content (AvgIpc) is 2.94. The second-order valence-corrected chi connectivity index (χ2v) is 5.52. The van der Waals surface area contributed by atoms with Crippen molar-refractivity contribution in [2.24, 2.45) is 0 Å². The van der Waals surface area contributed by atoms with Crippen LogP contribution in [0.25, 0.3) is 0 Å². The van der Waals surface area contributed by atoms with Crippen molar-refractivity contribution in [2.75, 3.05) is 19.0 Å². The standard InChI is InChI=1S/C15H18N2O3S/c1-3-20-15-13(5-4-8-16-15)17-10-12-7-6-11(21-12)9-14(18)19-2/h4-8,17H,3,9-10H2,1-2H3. The molecule has 0 saturated heterocycles. The topological polar surface area (TPSA) is 60.5 Å². The van der Waals surface area contributed by atoms with E-state index in [9.17, 15) is 4.79 Å². The fraction of sp³-hybridized carbons (Fsp3) is 0.333. The Balaban J connectivity index is 1.95. The van der Waals surface area contributed by atoms with E-state index in [1.807, 2.05) is 31.2 Å². The molecule has 2 heterocycles. The summed E-state index contributed by atoms with van der Waals surface area (Å²) in [4.78, 5) is 17.6. The minimum atomic E-state index is -0.220. The highest BCUT2D eigenvalue weighted by Crippen LogP contribution is 2.23. The third-order valence-corrected chi connectivity index (χ3v) is 3.85. The lowest BCUT2D eigenvalue weighted by atomic mass is 10.3. The Morgan fingerprint density at radius 3 is 2.90 bits per heavy atom. The normalized spacial score (nSPS) is 10.2. The number of carbonyl (C=O) groups excluding carboxylic acids is 1. The molecule has 0 spiro atoms. The van der Waals surface area contributed by atoms with Gasteiger partial charge >= 0.3 is 5.97 Å². The van der Waals surface area contributed by atoms with E-state index in [0.717, 1.165) is 15.4 Å². The lowest BCUT2D eigenvalue weighted by Gasteiger charge is -2.09. The zero-order valence-electron chi connectivity index (χ0n) is 12.1. The molecule has 0 aromatic carbocycles. The molecule has 112 valence electrons. The SMILES string of the molecule is CCOc1ncccc1NCc1ccc(CC(=O)OC)s1. The van der Waals surface area contributed by atoms with Crippen molar-refractivity contribution in [1.29, 1.82) is 0 Å². The van der Waals surface area contributed by atoms with Gasteiger partial charge in [-0.15, -0.1) is 11.3 Å². The Hall–Kier alpha value is -2.08. The second-order valence-electron chi connectivity index (χ2n) is 4.26. The third kappa shape index (κ3) is 4.46. The Morgan fingerprint density at radius 1 is 1.33 bits per heavy atom. The van der Waals surface area contributed by atoms with E-state index in [0.29, 0.717) is 25.5 Å². The van der Waals surface area contributed by atoms with Gasteiger partial charge in [-0.25, -0.2) is 4.98 Å². The predicted molar refractivity (Wildman–Crippen MR) is 82.8 cm³/mol. The molecule has 2 aromatic rings. The van der Waals surface area contributed by atoms with E-state index < -0.39 is 0 Å². The number of ether oxygens (including phenoxy) is 2. The van der Waals surface area contributed by atoms with E-state index in [1.165, 1.54) is 7.11 Å². The van der Waals surface area contributed by atoms with Crippen LogP contribution in [0.5, 0.6) is 5.88 Å². The van der Waals surface area contributed by atoms with Crippen LogP contribution in [-0.2, 0) is 22.5 Å². The number of carbonyl (C=O) groups is 1. The molecule has 0 bridgehead atoms. The fourth-order valence-electron chi connectivity index (χ4n) is 1.79. The Morgan fingerprint density at radius 2 is 2.14 bits per heavy atom. The molecule has 2 rings (SSSR count). The van der Waals surface area contributed by atoms with E-state index >= 15 is 0 Å². The molecule has 0 unspecified atom stereocenters. The first-order valence-corrected chi connectivity index (χ1v) is 7.50. The maximum absolute atomic E-state index is 11.2. The van der Waals surface area contributed by atoms with Crippen LogP contribution in [0.2, 0.25) is 0 Å². The average molecular weight is 306 g/mol. The number of anilines is 1. The van der Waals surface area contributed by atoms with Crippen molar-refractivity contribution in [1.82, 2.24) is 4.98 Å².